The molecule has 2 rings (SSSR count). The van der Waals surface area contributed by atoms with E-state index in [-0.39, 0.29) is 23.4 Å². The minimum atomic E-state index is -3.31. The molecule has 2 bridgehead atoms. The Kier molecular flexibility index (Phi) is 3.42. The summed E-state index contributed by atoms with van der Waals surface area (Å²) in [5, 5.41) is -0.803. The lowest BCUT2D eigenvalue weighted by atomic mass is 10.0. The molecule has 0 aromatic carbocycles. The van der Waals surface area contributed by atoms with Crippen molar-refractivity contribution in [1.29, 1.82) is 0 Å². The van der Waals surface area contributed by atoms with Crippen molar-refractivity contribution in [2.75, 3.05) is 6.26 Å². The monoisotopic (exact) mass is 279 g/mol. The normalized spacial score (nSPS) is 34.8. The Bertz CT molecular complexity index is 408. The van der Waals surface area contributed by atoms with Crippen LogP contribution in [0.2, 0.25) is 0 Å². The molecule has 0 radical (unpaired) electrons. The zero-order valence-corrected chi connectivity index (χ0v) is 11.7. The summed E-state index contributed by atoms with van der Waals surface area (Å²) in [6.45, 7) is 1.48. The van der Waals surface area contributed by atoms with Crippen LogP contribution in [0.5, 0.6) is 0 Å². The molecule has 2 saturated heterocycles. The molecule has 0 N–H and O–H groups in total. The van der Waals surface area contributed by atoms with Crippen molar-refractivity contribution < 1.29 is 13.2 Å². The lowest BCUT2D eigenvalue weighted by Gasteiger charge is -2.38. The van der Waals surface area contributed by atoms with Gasteiger partial charge in [-0.15, -0.1) is 11.6 Å². The van der Waals surface area contributed by atoms with Gasteiger partial charge in [-0.25, -0.2) is 8.42 Å². The topological polar surface area (TPSA) is 54.5 Å². The van der Waals surface area contributed by atoms with Crippen molar-refractivity contribution in [2.24, 2.45) is 0 Å². The van der Waals surface area contributed by atoms with Crippen molar-refractivity contribution in [3.8, 4) is 0 Å². The molecule has 17 heavy (non-hydrogen) atoms. The maximum Gasteiger partial charge on any atom is 0.241 e. The van der Waals surface area contributed by atoms with E-state index in [1.807, 2.05) is 0 Å². The van der Waals surface area contributed by atoms with Crippen molar-refractivity contribution in [3.63, 3.8) is 0 Å². The molecule has 2 heterocycles. The molecule has 2 fully saturated rings. The smallest absolute Gasteiger partial charge is 0.241 e. The summed E-state index contributed by atoms with van der Waals surface area (Å²) in [7, 11) is -3.31. The predicted molar refractivity (Wildman–Crippen MR) is 66.8 cm³/mol. The fourth-order valence-corrected chi connectivity index (χ4v) is 3.76. The van der Waals surface area contributed by atoms with E-state index in [1.165, 1.54) is 6.92 Å². The van der Waals surface area contributed by atoms with Crippen molar-refractivity contribution in [1.82, 2.24) is 4.90 Å². The lowest BCUT2D eigenvalue weighted by Crippen LogP contribution is -2.51. The Hall–Kier alpha value is -0.290. The molecule has 2 aliphatic rings. The third-order valence-corrected chi connectivity index (χ3v) is 5.76. The highest BCUT2D eigenvalue weighted by Gasteiger charge is 2.45. The molecule has 2 aliphatic heterocycles. The van der Waals surface area contributed by atoms with Gasteiger partial charge in [-0.3, -0.25) is 4.79 Å². The van der Waals surface area contributed by atoms with E-state index in [1.54, 1.807) is 4.90 Å². The van der Waals surface area contributed by atoms with E-state index in [0.717, 1.165) is 31.9 Å². The summed E-state index contributed by atoms with van der Waals surface area (Å²) in [6.07, 6.45) is 4.61. The Morgan fingerprint density at radius 3 is 2.18 bits per heavy atom. The summed E-state index contributed by atoms with van der Waals surface area (Å²) >= 11 is 6.13. The maximum absolute atomic E-state index is 12.2. The molecule has 4 nitrogen and oxygen atoms in total. The third kappa shape index (κ3) is 2.45. The van der Waals surface area contributed by atoms with Gasteiger partial charge >= 0.3 is 0 Å². The number of hydrogen-bond acceptors (Lipinski definition) is 3. The van der Waals surface area contributed by atoms with Crippen molar-refractivity contribution in [2.45, 2.75) is 55.3 Å². The lowest BCUT2D eigenvalue weighted by molar-refractivity contribution is -0.134. The van der Waals surface area contributed by atoms with E-state index in [0.29, 0.717) is 0 Å². The largest absolute Gasteiger partial charge is 0.336 e. The van der Waals surface area contributed by atoms with E-state index in [4.69, 9.17) is 11.6 Å². The summed E-state index contributed by atoms with van der Waals surface area (Å²) < 4.78 is 22.9. The minimum Gasteiger partial charge on any atom is -0.336 e. The summed E-state index contributed by atoms with van der Waals surface area (Å²) in [5.41, 5.74) is 0. The number of alkyl halides is 1. The molecule has 0 aromatic rings. The number of fused-ring (bicyclic) bond motifs is 2. The zero-order chi connectivity index (χ0) is 12.8. The Labute approximate surface area is 107 Å². The number of carbonyl (C=O) groups is 1. The minimum absolute atomic E-state index is 0.130. The molecular formula is C11H18ClNO3S. The molecule has 98 valence electrons. The number of halogens is 1. The number of carbonyl (C=O) groups excluding carboxylic acids is 1. The van der Waals surface area contributed by atoms with Gasteiger partial charge in [0, 0.05) is 23.7 Å². The Morgan fingerprint density at radius 1 is 1.29 bits per heavy atom. The molecule has 6 heteroatoms. The summed E-state index contributed by atoms with van der Waals surface area (Å²) in [5.74, 6) is -0.247. The van der Waals surface area contributed by atoms with Crippen LogP contribution >= 0.6 is 11.6 Å². The van der Waals surface area contributed by atoms with Gasteiger partial charge in [-0.2, -0.15) is 0 Å². The number of nitrogens with zero attached hydrogens (tertiary/aromatic N) is 1. The average Bonchev–Trinajstić information content (AvgIpc) is 2.47. The van der Waals surface area contributed by atoms with Crippen molar-refractivity contribution >= 4 is 27.3 Å². The van der Waals surface area contributed by atoms with Gasteiger partial charge in [-0.1, -0.05) is 0 Å². The fraction of sp³-hybridized carbons (Fsp3) is 0.909. The standard InChI is InChI=1S/C11H18ClNO3S/c1-7(17(2,15)16)11(14)13-9-3-4-10(13)6-8(12)5-9/h7-10H,3-6H2,1-2H3. The predicted octanol–water partition coefficient (Wildman–Crippen LogP) is 1.18. The van der Waals surface area contributed by atoms with Crippen LogP contribution in [0.4, 0.5) is 0 Å². The fourth-order valence-electron chi connectivity index (χ4n) is 2.86. The SMILES string of the molecule is CC(C(=O)N1C2CCC1CC(Cl)C2)S(C)(=O)=O. The van der Waals surface area contributed by atoms with Crippen LogP contribution < -0.4 is 0 Å². The maximum atomic E-state index is 12.2. The zero-order valence-electron chi connectivity index (χ0n) is 10.1. The second-order valence-electron chi connectivity index (χ2n) is 5.17. The molecule has 0 aliphatic carbocycles. The Balaban J connectivity index is 2.17. The molecule has 0 spiro atoms. The molecule has 0 saturated carbocycles. The van der Waals surface area contributed by atoms with Gasteiger partial charge in [0.25, 0.3) is 0 Å². The van der Waals surface area contributed by atoms with Gasteiger partial charge in [0.15, 0.2) is 9.84 Å². The van der Waals surface area contributed by atoms with Crippen LogP contribution in [0.3, 0.4) is 0 Å². The highest BCUT2D eigenvalue weighted by molar-refractivity contribution is 7.92. The van der Waals surface area contributed by atoms with Gasteiger partial charge < -0.3 is 4.90 Å². The molecule has 3 atom stereocenters. The van der Waals surface area contributed by atoms with Gasteiger partial charge in [-0.05, 0) is 32.6 Å². The first-order valence-electron chi connectivity index (χ1n) is 5.96. The van der Waals surface area contributed by atoms with Crippen LogP contribution in [-0.2, 0) is 14.6 Å². The highest BCUT2D eigenvalue weighted by Crippen LogP contribution is 2.38. The van der Waals surface area contributed by atoms with Crippen molar-refractivity contribution in [3.05, 3.63) is 0 Å². The van der Waals surface area contributed by atoms with Gasteiger partial charge in [0.1, 0.15) is 5.25 Å². The average molecular weight is 280 g/mol. The van der Waals surface area contributed by atoms with Gasteiger partial charge in [0.05, 0.1) is 0 Å². The summed E-state index contributed by atoms with van der Waals surface area (Å²) in [6, 6.07) is 0.292. The van der Waals surface area contributed by atoms with E-state index in [9.17, 15) is 13.2 Å². The van der Waals surface area contributed by atoms with Gasteiger partial charge in [0.2, 0.25) is 5.91 Å². The van der Waals surface area contributed by atoms with E-state index in [2.05, 4.69) is 0 Å². The number of amides is 1. The number of sulfone groups is 1. The van der Waals surface area contributed by atoms with Crippen LogP contribution in [-0.4, -0.2) is 48.2 Å². The first kappa shape index (κ1) is 13.1. The third-order valence-electron chi connectivity index (χ3n) is 3.92. The highest BCUT2D eigenvalue weighted by atomic mass is 35.5. The molecular weight excluding hydrogens is 262 g/mol. The number of piperidine rings is 1. The second-order valence-corrected chi connectivity index (χ2v) is 8.15. The van der Waals surface area contributed by atoms with Crippen LogP contribution in [0, 0.1) is 0 Å². The molecule has 3 unspecified atom stereocenters. The molecule has 0 aromatic heterocycles. The quantitative estimate of drug-likeness (QED) is 0.713. The number of rotatable bonds is 2. The van der Waals surface area contributed by atoms with E-state index >= 15 is 0 Å². The first-order chi connectivity index (χ1) is 7.80. The van der Waals surface area contributed by atoms with Crippen LogP contribution in [0.25, 0.3) is 0 Å². The molecule has 1 amide bonds. The first-order valence-corrected chi connectivity index (χ1v) is 8.35. The van der Waals surface area contributed by atoms with Crippen LogP contribution in [0.1, 0.15) is 32.6 Å². The van der Waals surface area contributed by atoms with E-state index < -0.39 is 15.1 Å². The number of hydrogen-bond donors (Lipinski definition) is 0. The second kappa shape index (κ2) is 4.43. The summed E-state index contributed by atoms with van der Waals surface area (Å²) in [4.78, 5) is 14.0. The van der Waals surface area contributed by atoms with Crippen LogP contribution in [0.15, 0.2) is 0 Å². The Morgan fingerprint density at radius 2 is 1.76 bits per heavy atom.